The molecule has 0 aromatic rings. The van der Waals surface area contributed by atoms with Crippen molar-refractivity contribution in [3.63, 3.8) is 0 Å². The van der Waals surface area contributed by atoms with Gasteiger partial charge in [-0.3, -0.25) is 0 Å². The second-order valence-electron chi connectivity index (χ2n) is 6.25. The Morgan fingerprint density at radius 2 is 0.435 bits per heavy atom. The molecule has 2 aliphatic rings. The van der Waals surface area contributed by atoms with Crippen LogP contribution in [0.4, 0.5) is 0 Å². The minimum Gasteiger partial charge on any atom is -1.00 e. The van der Waals surface area contributed by atoms with Gasteiger partial charge in [-0.05, 0) is 77.7 Å². The molecule has 0 saturated carbocycles. The minimum atomic E-state index is 0. The first-order chi connectivity index (χ1) is 9.11. The first-order valence-corrected chi connectivity index (χ1v) is 7.50. The number of halogens is 2. The molecule has 0 amide bonds. The van der Waals surface area contributed by atoms with Crippen molar-refractivity contribution in [2.75, 3.05) is 0 Å². The Balaban J connectivity index is -0.000000308. The Morgan fingerprint density at radius 1 is 0.304 bits per heavy atom. The van der Waals surface area contributed by atoms with E-state index in [2.05, 4.69) is 69.2 Å². The standard InChI is InChI=1S/2C10H15.2ClH.Ti/c2*1-6-7(2)9(4)10(5)8(6)3;;;/h2*1-5H3;2*1H;/q;;;;+2/p-2. The Hall–Kier alpha value is 0.254. The fraction of sp³-hybridized carbons (Fsp3) is 0.500. The maximum atomic E-state index is 2.20. The van der Waals surface area contributed by atoms with Crippen molar-refractivity contribution in [1.82, 2.24) is 0 Å². The van der Waals surface area contributed by atoms with E-state index in [0.717, 1.165) is 0 Å². The van der Waals surface area contributed by atoms with Gasteiger partial charge in [0.05, 0.1) is 0 Å². The summed E-state index contributed by atoms with van der Waals surface area (Å²) >= 11 is 0. The normalized spacial score (nSPS) is 18.5. The molecule has 0 fully saturated rings. The van der Waals surface area contributed by atoms with Gasteiger partial charge in [0.1, 0.15) is 0 Å². The fourth-order valence-electron chi connectivity index (χ4n) is 2.81. The molecule has 0 aromatic heterocycles. The van der Waals surface area contributed by atoms with Crippen LogP contribution in [-0.4, -0.2) is 0 Å². The second kappa shape index (κ2) is 11.0. The third-order valence-corrected chi connectivity index (χ3v) is 5.62. The van der Waals surface area contributed by atoms with Crippen LogP contribution in [0.5, 0.6) is 0 Å². The van der Waals surface area contributed by atoms with Gasteiger partial charge in [-0.2, -0.15) is 0 Å². The van der Waals surface area contributed by atoms with E-state index in [0.29, 0.717) is 0 Å². The molecule has 0 aromatic carbocycles. The van der Waals surface area contributed by atoms with Crippen molar-refractivity contribution in [2.24, 2.45) is 0 Å². The van der Waals surface area contributed by atoms with Gasteiger partial charge in [0.15, 0.2) is 0 Å². The summed E-state index contributed by atoms with van der Waals surface area (Å²) in [5.74, 6) is 2.94. The molecule has 0 heterocycles. The molecule has 0 atom stereocenters. The monoisotopic (exact) mass is 388 g/mol. The predicted octanol–water partition coefficient (Wildman–Crippen LogP) is 0.540. The Labute approximate surface area is 171 Å². The maximum Gasteiger partial charge on any atom is 2.00 e. The van der Waals surface area contributed by atoms with Gasteiger partial charge in [-0.15, -0.1) is 0 Å². The zero-order valence-electron chi connectivity index (χ0n) is 16.3. The maximum absolute atomic E-state index is 2.20. The van der Waals surface area contributed by atoms with Crippen molar-refractivity contribution < 1.29 is 46.5 Å². The number of hydrogen-bond donors (Lipinski definition) is 0. The van der Waals surface area contributed by atoms with E-state index in [9.17, 15) is 0 Å². The molecular weight excluding hydrogens is 359 g/mol. The van der Waals surface area contributed by atoms with Crippen LogP contribution in [0.25, 0.3) is 0 Å². The van der Waals surface area contributed by atoms with Crippen LogP contribution in [0.3, 0.4) is 0 Å². The van der Waals surface area contributed by atoms with E-state index >= 15 is 0 Å². The van der Waals surface area contributed by atoms with Crippen LogP contribution in [0.15, 0.2) is 44.6 Å². The quantitative estimate of drug-likeness (QED) is 0.531. The SMILES string of the molecule is C[C]1C(C)=C(C)C(C)=C1C.C[C]1C(C)=C(C)C(C)=C1C.[Cl-].[Cl-].[Ti+2]. The smallest absolute Gasteiger partial charge is 1.00 e. The molecule has 0 bridgehead atoms. The van der Waals surface area contributed by atoms with Gasteiger partial charge in [-0.25, -0.2) is 0 Å². The summed E-state index contributed by atoms with van der Waals surface area (Å²) in [5, 5.41) is 0. The number of hydrogen-bond acceptors (Lipinski definition) is 0. The van der Waals surface area contributed by atoms with Crippen molar-refractivity contribution >= 4 is 0 Å². The van der Waals surface area contributed by atoms with Crippen LogP contribution in [-0.2, 0) is 21.7 Å². The van der Waals surface area contributed by atoms with Crippen LogP contribution >= 0.6 is 0 Å². The molecule has 0 N–H and O–H groups in total. The molecule has 2 radical (unpaired) electrons. The van der Waals surface area contributed by atoms with Crippen molar-refractivity contribution in [2.45, 2.75) is 69.2 Å². The van der Waals surface area contributed by atoms with E-state index in [1.807, 2.05) is 0 Å². The van der Waals surface area contributed by atoms with Crippen molar-refractivity contribution in [3.05, 3.63) is 56.4 Å². The molecule has 3 heteroatoms. The van der Waals surface area contributed by atoms with Crippen molar-refractivity contribution in [1.29, 1.82) is 0 Å². The fourth-order valence-corrected chi connectivity index (χ4v) is 2.81. The molecule has 128 valence electrons. The predicted molar refractivity (Wildman–Crippen MR) is 91.3 cm³/mol. The topological polar surface area (TPSA) is 0 Å². The van der Waals surface area contributed by atoms with Gasteiger partial charge < -0.3 is 24.8 Å². The first kappa shape index (κ1) is 28.1. The van der Waals surface area contributed by atoms with Crippen molar-refractivity contribution in [3.8, 4) is 0 Å². The Bertz CT molecular complexity index is 450. The number of allylic oxidation sites excluding steroid dienone is 8. The third kappa shape index (κ3) is 5.63. The molecule has 0 nitrogen and oxygen atoms in total. The van der Waals surface area contributed by atoms with E-state index in [1.165, 1.54) is 56.4 Å². The zero-order valence-corrected chi connectivity index (χ0v) is 19.3. The van der Waals surface area contributed by atoms with E-state index < -0.39 is 0 Å². The summed E-state index contributed by atoms with van der Waals surface area (Å²) < 4.78 is 0. The molecule has 2 aliphatic carbocycles. The minimum absolute atomic E-state index is 0. The largest absolute Gasteiger partial charge is 2.00 e. The van der Waals surface area contributed by atoms with E-state index in [4.69, 9.17) is 0 Å². The van der Waals surface area contributed by atoms with Crippen LogP contribution in [0.1, 0.15) is 69.2 Å². The summed E-state index contributed by atoms with van der Waals surface area (Å²) in [6.45, 7) is 22.0. The molecular formula is C20H30Cl2Ti. The Kier molecular flexibility index (Phi) is 13.4. The average Bonchev–Trinajstić information content (AvgIpc) is 2.71. The molecule has 0 unspecified atom stereocenters. The summed E-state index contributed by atoms with van der Waals surface area (Å²) in [6, 6.07) is 0. The second-order valence-corrected chi connectivity index (χ2v) is 6.25. The molecule has 0 saturated heterocycles. The van der Waals surface area contributed by atoms with Gasteiger partial charge in [0.2, 0.25) is 0 Å². The molecule has 0 aliphatic heterocycles. The first-order valence-electron chi connectivity index (χ1n) is 7.50. The number of rotatable bonds is 0. The Morgan fingerprint density at radius 3 is 0.478 bits per heavy atom. The van der Waals surface area contributed by atoms with Crippen LogP contribution < -0.4 is 24.8 Å². The van der Waals surface area contributed by atoms with Gasteiger partial charge in [-0.1, -0.05) is 36.1 Å². The van der Waals surface area contributed by atoms with Gasteiger partial charge >= 0.3 is 21.7 Å². The van der Waals surface area contributed by atoms with E-state index in [1.54, 1.807) is 0 Å². The van der Waals surface area contributed by atoms with Crippen LogP contribution in [0.2, 0.25) is 0 Å². The summed E-state index contributed by atoms with van der Waals surface area (Å²) in [4.78, 5) is 0. The summed E-state index contributed by atoms with van der Waals surface area (Å²) in [7, 11) is 0. The summed E-state index contributed by atoms with van der Waals surface area (Å²) in [5.41, 5.74) is 11.7. The van der Waals surface area contributed by atoms with Gasteiger partial charge in [0.25, 0.3) is 0 Å². The third-order valence-electron chi connectivity index (χ3n) is 5.62. The zero-order chi connectivity index (χ0) is 15.8. The molecule has 2 rings (SSSR count). The molecule has 0 spiro atoms. The average molecular weight is 389 g/mol. The van der Waals surface area contributed by atoms with E-state index in [-0.39, 0.29) is 46.5 Å². The van der Waals surface area contributed by atoms with Gasteiger partial charge in [0, 0.05) is 11.8 Å². The van der Waals surface area contributed by atoms with Crippen LogP contribution in [0, 0.1) is 11.8 Å². The molecule has 23 heavy (non-hydrogen) atoms. The summed E-state index contributed by atoms with van der Waals surface area (Å²) in [6.07, 6.45) is 0.